The molecule has 32 heavy (non-hydrogen) atoms. The Morgan fingerprint density at radius 3 is 1.34 bits per heavy atom. The standard InChI is InChI=1S/C26H22N4S2/c1-31-21-11-7-19(8-12-21)27-25-26(28-20-9-13-22(32-2)14-10-20)30-24-16-18-6-4-3-5-17(18)15-23(24)29-25/h3-16H,1-2H3,(H,27,29)(H,28,30). The molecule has 0 saturated heterocycles. The number of fused-ring (bicyclic) bond motifs is 2. The number of nitrogens with zero attached hydrogens (tertiary/aromatic N) is 2. The number of rotatable bonds is 6. The van der Waals surface area contributed by atoms with Crippen LogP contribution < -0.4 is 10.6 Å². The van der Waals surface area contributed by atoms with Crippen LogP contribution in [0.2, 0.25) is 0 Å². The summed E-state index contributed by atoms with van der Waals surface area (Å²) in [4.78, 5) is 12.3. The van der Waals surface area contributed by atoms with Crippen LogP contribution in [-0.2, 0) is 0 Å². The predicted octanol–water partition coefficient (Wildman–Crippen LogP) is 7.71. The molecule has 1 heterocycles. The molecule has 158 valence electrons. The summed E-state index contributed by atoms with van der Waals surface area (Å²) in [5.74, 6) is 1.39. The average Bonchev–Trinajstić information content (AvgIpc) is 2.84. The minimum Gasteiger partial charge on any atom is -0.337 e. The molecule has 5 aromatic rings. The lowest BCUT2D eigenvalue weighted by Crippen LogP contribution is -2.03. The first-order valence-electron chi connectivity index (χ1n) is 10.2. The molecular formula is C26H22N4S2. The molecule has 0 aliphatic heterocycles. The Morgan fingerprint density at radius 2 is 0.969 bits per heavy atom. The van der Waals surface area contributed by atoms with E-state index in [-0.39, 0.29) is 0 Å². The van der Waals surface area contributed by atoms with Crippen molar-refractivity contribution in [2.24, 2.45) is 0 Å². The Balaban J connectivity index is 1.59. The number of anilines is 4. The summed E-state index contributed by atoms with van der Waals surface area (Å²) in [6, 6.07) is 29.1. The van der Waals surface area contributed by atoms with Gasteiger partial charge in [0.15, 0.2) is 11.6 Å². The molecule has 0 amide bonds. The number of aromatic nitrogens is 2. The van der Waals surface area contributed by atoms with Gasteiger partial charge in [-0.15, -0.1) is 23.5 Å². The zero-order chi connectivity index (χ0) is 21.9. The van der Waals surface area contributed by atoms with Crippen molar-refractivity contribution in [3.05, 3.63) is 84.9 Å². The topological polar surface area (TPSA) is 49.8 Å². The summed E-state index contributed by atoms with van der Waals surface area (Å²) < 4.78 is 0. The summed E-state index contributed by atoms with van der Waals surface area (Å²) in [6.07, 6.45) is 4.15. The SMILES string of the molecule is CSc1ccc(Nc2nc3cc4ccccc4cc3nc2Nc2ccc(SC)cc2)cc1. The molecule has 0 saturated carbocycles. The Labute approximate surface area is 195 Å². The van der Waals surface area contributed by atoms with Gasteiger partial charge in [-0.1, -0.05) is 24.3 Å². The van der Waals surface area contributed by atoms with E-state index in [1.807, 2.05) is 12.1 Å². The van der Waals surface area contributed by atoms with Crippen LogP contribution >= 0.6 is 23.5 Å². The number of hydrogen-bond acceptors (Lipinski definition) is 6. The highest BCUT2D eigenvalue weighted by Crippen LogP contribution is 2.30. The minimum atomic E-state index is 0.693. The molecule has 0 bridgehead atoms. The second kappa shape index (κ2) is 9.10. The first kappa shape index (κ1) is 20.7. The van der Waals surface area contributed by atoms with Gasteiger partial charge in [0.1, 0.15) is 0 Å². The highest BCUT2D eigenvalue weighted by atomic mass is 32.2. The maximum absolute atomic E-state index is 4.95. The van der Waals surface area contributed by atoms with Crippen molar-refractivity contribution in [3.63, 3.8) is 0 Å². The third kappa shape index (κ3) is 4.38. The number of hydrogen-bond donors (Lipinski definition) is 2. The predicted molar refractivity (Wildman–Crippen MR) is 140 cm³/mol. The fraction of sp³-hybridized carbons (Fsp3) is 0.0769. The van der Waals surface area contributed by atoms with E-state index < -0.39 is 0 Å². The molecule has 0 aliphatic rings. The summed E-state index contributed by atoms with van der Waals surface area (Å²) in [5, 5.41) is 9.22. The van der Waals surface area contributed by atoms with Crippen molar-refractivity contribution in [2.45, 2.75) is 9.79 Å². The third-order valence-corrected chi connectivity index (χ3v) is 6.72. The maximum Gasteiger partial charge on any atom is 0.174 e. The molecule has 5 rings (SSSR count). The fourth-order valence-corrected chi connectivity index (χ4v) is 4.36. The lowest BCUT2D eigenvalue weighted by Gasteiger charge is -2.14. The van der Waals surface area contributed by atoms with Crippen molar-refractivity contribution in [2.75, 3.05) is 23.1 Å². The van der Waals surface area contributed by atoms with Crippen LogP contribution in [0.15, 0.2) is 94.7 Å². The molecule has 0 spiro atoms. The van der Waals surface area contributed by atoms with E-state index in [2.05, 4.69) is 95.9 Å². The van der Waals surface area contributed by atoms with E-state index in [0.29, 0.717) is 11.6 Å². The van der Waals surface area contributed by atoms with E-state index >= 15 is 0 Å². The van der Waals surface area contributed by atoms with Crippen LogP contribution in [0, 0.1) is 0 Å². The molecule has 4 aromatic carbocycles. The van der Waals surface area contributed by atoms with Gasteiger partial charge in [-0.05, 0) is 83.9 Å². The first-order chi connectivity index (χ1) is 15.7. The van der Waals surface area contributed by atoms with Gasteiger partial charge in [0.25, 0.3) is 0 Å². The summed E-state index contributed by atoms with van der Waals surface area (Å²) in [5.41, 5.74) is 3.65. The second-order valence-electron chi connectivity index (χ2n) is 7.32. The zero-order valence-electron chi connectivity index (χ0n) is 17.8. The molecule has 0 fully saturated rings. The molecule has 2 N–H and O–H groups in total. The van der Waals surface area contributed by atoms with Gasteiger partial charge in [0.2, 0.25) is 0 Å². The highest BCUT2D eigenvalue weighted by molar-refractivity contribution is 7.98. The normalized spacial score (nSPS) is 11.1. The van der Waals surface area contributed by atoms with Crippen LogP contribution in [0.1, 0.15) is 0 Å². The van der Waals surface area contributed by atoms with Crippen LogP contribution in [0.4, 0.5) is 23.0 Å². The van der Waals surface area contributed by atoms with Crippen molar-refractivity contribution in [1.82, 2.24) is 9.97 Å². The van der Waals surface area contributed by atoms with E-state index in [1.165, 1.54) is 9.79 Å². The highest BCUT2D eigenvalue weighted by Gasteiger charge is 2.11. The summed E-state index contributed by atoms with van der Waals surface area (Å²) >= 11 is 3.45. The molecule has 0 atom stereocenters. The lowest BCUT2D eigenvalue weighted by atomic mass is 10.1. The Hall–Kier alpha value is -3.22. The number of thioether (sulfide) groups is 2. The van der Waals surface area contributed by atoms with E-state index in [4.69, 9.17) is 9.97 Å². The molecular weight excluding hydrogens is 432 g/mol. The smallest absolute Gasteiger partial charge is 0.174 e. The second-order valence-corrected chi connectivity index (χ2v) is 9.08. The van der Waals surface area contributed by atoms with Gasteiger partial charge in [-0.2, -0.15) is 0 Å². The van der Waals surface area contributed by atoms with Gasteiger partial charge in [0.05, 0.1) is 11.0 Å². The van der Waals surface area contributed by atoms with E-state index in [0.717, 1.165) is 33.2 Å². The Bertz CT molecular complexity index is 1280. The lowest BCUT2D eigenvalue weighted by molar-refractivity contribution is 1.27. The fourth-order valence-electron chi connectivity index (χ4n) is 3.54. The largest absolute Gasteiger partial charge is 0.337 e. The van der Waals surface area contributed by atoms with Crippen molar-refractivity contribution < 1.29 is 0 Å². The average molecular weight is 455 g/mol. The molecule has 6 heteroatoms. The molecule has 0 radical (unpaired) electrons. The first-order valence-corrected chi connectivity index (χ1v) is 12.7. The third-order valence-electron chi connectivity index (χ3n) is 5.24. The Morgan fingerprint density at radius 1 is 0.562 bits per heavy atom. The number of benzene rings is 4. The van der Waals surface area contributed by atoms with Crippen LogP contribution in [-0.4, -0.2) is 22.5 Å². The van der Waals surface area contributed by atoms with Crippen molar-refractivity contribution >= 4 is 68.3 Å². The van der Waals surface area contributed by atoms with E-state index in [9.17, 15) is 0 Å². The quantitative estimate of drug-likeness (QED) is 0.202. The maximum atomic E-state index is 4.95. The van der Waals surface area contributed by atoms with Crippen LogP contribution in [0.5, 0.6) is 0 Å². The molecule has 1 aromatic heterocycles. The zero-order valence-corrected chi connectivity index (χ0v) is 19.4. The number of nitrogens with one attached hydrogen (secondary N) is 2. The summed E-state index contributed by atoms with van der Waals surface area (Å²) in [7, 11) is 0. The minimum absolute atomic E-state index is 0.693. The van der Waals surface area contributed by atoms with Gasteiger partial charge in [-0.25, -0.2) is 9.97 Å². The summed E-state index contributed by atoms with van der Waals surface area (Å²) in [6.45, 7) is 0. The molecule has 0 unspecified atom stereocenters. The Kier molecular flexibility index (Phi) is 5.88. The van der Waals surface area contributed by atoms with Crippen LogP contribution in [0.3, 0.4) is 0 Å². The molecule has 4 nitrogen and oxygen atoms in total. The molecule has 0 aliphatic carbocycles. The van der Waals surface area contributed by atoms with Crippen molar-refractivity contribution in [1.29, 1.82) is 0 Å². The van der Waals surface area contributed by atoms with Crippen molar-refractivity contribution in [3.8, 4) is 0 Å². The monoisotopic (exact) mass is 454 g/mol. The van der Waals surface area contributed by atoms with Gasteiger partial charge in [0, 0.05) is 21.2 Å². The van der Waals surface area contributed by atoms with E-state index in [1.54, 1.807) is 23.5 Å². The van der Waals surface area contributed by atoms with Crippen LogP contribution in [0.25, 0.3) is 21.8 Å². The van der Waals surface area contributed by atoms with Gasteiger partial charge < -0.3 is 10.6 Å². The van der Waals surface area contributed by atoms with Gasteiger partial charge >= 0.3 is 0 Å². The van der Waals surface area contributed by atoms with Gasteiger partial charge in [-0.3, -0.25) is 0 Å².